The second kappa shape index (κ2) is 8.35. The molecule has 0 saturated heterocycles. The Labute approximate surface area is 156 Å². The van der Waals surface area contributed by atoms with Gasteiger partial charge in [0.2, 0.25) is 5.82 Å². The number of hydrogen-bond acceptors (Lipinski definition) is 7. The second-order valence-corrected chi connectivity index (χ2v) is 5.70. The Hall–Kier alpha value is -3.35. The van der Waals surface area contributed by atoms with Crippen LogP contribution in [-0.4, -0.2) is 30.3 Å². The Bertz CT molecular complexity index is 918. The first-order valence-corrected chi connectivity index (χ1v) is 8.45. The Balaban J connectivity index is 1.66. The average molecular weight is 368 g/mol. The van der Waals surface area contributed by atoms with Gasteiger partial charge in [-0.1, -0.05) is 36.3 Å². The van der Waals surface area contributed by atoms with Gasteiger partial charge in [-0.25, -0.2) is 4.79 Å². The van der Waals surface area contributed by atoms with Crippen LogP contribution in [0.3, 0.4) is 0 Å². The summed E-state index contributed by atoms with van der Waals surface area (Å²) in [5.74, 6) is 1.05. The van der Waals surface area contributed by atoms with E-state index in [-0.39, 0.29) is 18.1 Å². The molecule has 7 heteroatoms. The summed E-state index contributed by atoms with van der Waals surface area (Å²) in [6.45, 7) is 1.96. The number of methoxy groups -OCH3 is 2. The highest BCUT2D eigenvalue weighted by Gasteiger charge is 2.17. The van der Waals surface area contributed by atoms with Gasteiger partial charge in [0.15, 0.2) is 6.61 Å². The van der Waals surface area contributed by atoms with Gasteiger partial charge >= 0.3 is 5.97 Å². The molecule has 140 valence electrons. The Morgan fingerprint density at radius 1 is 1.07 bits per heavy atom. The summed E-state index contributed by atoms with van der Waals surface area (Å²) >= 11 is 0. The number of rotatable bonds is 7. The summed E-state index contributed by atoms with van der Waals surface area (Å²) < 4.78 is 20.7. The maximum atomic E-state index is 12.3. The van der Waals surface area contributed by atoms with Crippen molar-refractivity contribution in [2.45, 2.75) is 20.0 Å². The predicted octanol–water partition coefficient (Wildman–Crippen LogP) is 3.67. The molecular weight excluding hydrogens is 348 g/mol. The molecule has 0 atom stereocenters. The minimum Gasteiger partial charge on any atom is -0.497 e. The molecule has 0 fully saturated rings. The van der Waals surface area contributed by atoms with Gasteiger partial charge < -0.3 is 18.7 Å². The minimum absolute atomic E-state index is 0.131. The molecule has 0 radical (unpaired) electrons. The number of carbonyl (C=O) groups is 1. The number of aromatic nitrogens is 2. The molecule has 27 heavy (non-hydrogen) atoms. The summed E-state index contributed by atoms with van der Waals surface area (Å²) in [4.78, 5) is 16.6. The zero-order chi connectivity index (χ0) is 19.2. The summed E-state index contributed by atoms with van der Waals surface area (Å²) in [5, 5.41) is 3.93. The van der Waals surface area contributed by atoms with Crippen LogP contribution in [0, 0.1) is 0 Å². The number of esters is 1. The van der Waals surface area contributed by atoms with Gasteiger partial charge in [0.05, 0.1) is 14.2 Å². The lowest BCUT2D eigenvalue weighted by Gasteiger charge is -2.09. The molecule has 1 heterocycles. The molecule has 2 aromatic carbocycles. The van der Waals surface area contributed by atoms with Crippen molar-refractivity contribution in [3.05, 3.63) is 59.5 Å². The molecular formula is C20H20N2O5. The van der Waals surface area contributed by atoms with Crippen molar-refractivity contribution in [3.63, 3.8) is 0 Å². The number of benzene rings is 2. The minimum atomic E-state index is -0.554. The quantitative estimate of drug-likeness (QED) is 0.588. The molecule has 0 saturated carbocycles. The van der Waals surface area contributed by atoms with E-state index in [0.717, 1.165) is 12.0 Å². The number of nitrogens with zero attached hydrogens (tertiary/aromatic N) is 2. The molecule has 0 aliphatic heterocycles. The van der Waals surface area contributed by atoms with Crippen LogP contribution in [0.2, 0.25) is 0 Å². The molecule has 7 nitrogen and oxygen atoms in total. The van der Waals surface area contributed by atoms with Crippen LogP contribution >= 0.6 is 0 Å². The van der Waals surface area contributed by atoms with Crippen LogP contribution in [-0.2, 0) is 17.8 Å². The van der Waals surface area contributed by atoms with Crippen LogP contribution in [0.4, 0.5) is 0 Å². The molecule has 1 aromatic heterocycles. The van der Waals surface area contributed by atoms with E-state index in [9.17, 15) is 4.79 Å². The van der Waals surface area contributed by atoms with E-state index >= 15 is 0 Å². The first-order chi connectivity index (χ1) is 13.1. The van der Waals surface area contributed by atoms with E-state index < -0.39 is 5.97 Å². The zero-order valence-corrected chi connectivity index (χ0v) is 15.4. The van der Waals surface area contributed by atoms with E-state index in [4.69, 9.17) is 18.7 Å². The average Bonchev–Trinajstić information content (AvgIpc) is 3.20. The van der Waals surface area contributed by atoms with Crippen molar-refractivity contribution in [2.24, 2.45) is 0 Å². The van der Waals surface area contributed by atoms with Crippen molar-refractivity contribution in [1.29, 1.82) is 0 Å². The first-order valence-electron chi connectivity index (χ1n) is 8.45. The third kappa shape index (κ3) is 4.25. The maximum absolute atomic E-state index is 12.3. The number of hydrogen-bond donors (Lipinski definition) is 0. The van der Waals surface area contributed by atoms with Crippen LogP contribution in [0.5, 0.6) is 11.5 Å². The van der Waals surface area contributed by atoms with Crippen molar-refractivity contribution in [1.82, 2.24) is 10.1 Å². The fourth-order valence-electron chi connectivity index (χ4n) is 2.49. The SMILES string of the molecule is CCc1ccc(-c2noc(COC(=O)c3ccc(OC)cc3OC)n2)cc1. The second-order valence-electron chi connectivity index (χ2n) is 5.70. The Morgan fingerprint density at radius 2 is 1.85 bits per heavy atom. The monoisotopic (exact) mass is 368 g/mol. The lowest BCUT2D eigenvalue weighted by atomic mass is 10.1. The van der Waals surface area contributed by atoms with Crippen LogP contribution in [0.25, 0.3) is 11.4 Å². The molecule has 0 N–H and O–H groups in total. The summed E-state index contributed by atoms with van der Waals surface area (Å²) in [6.07, 6.45) is 0.961. The Kier molecular flexibility index (Phi) is 5.71. The fourth-order valence-corrected chi connectivity index (χ4v) is 2.49. The largest absolute Gasteiger partial charge is 0.497 e. The number of ether oxygens (including phenoxy) is 3. The van der Waals surface area contributed by atoms with Crippen molar-refractivity contribution in [2.75, 3.05) is 14.2 Å². The lowest BCUT2D eigenvalue weighted by molar-refractivity contribution is 0.0426. The van der Waals surface area contributed by atoms with Gasteiger partial charge in [0.25, 0.3) is 5.89 Å². The zero-order valence-electron chi connectivity index (χ0n) is 15.4. The first kappa shape index (κ1) is 18.4. The van der Waals surface area contributed by atoms with Gasteiger partial charge in [-0.2, -0.15) is 4.98 Å². The number of carbonyl (C=O) groups excluding carboxylic acids is 1. The summed E-state index contributed by atoms with van der Waals surface area (Å²) in [5.41, 5.74) is 2.35. The molecule has 0 amide bonds. The lowest BCUT2D eigenvalue weighted by Crippen LogP contribution is -2.07. The van der Waals surface area contributed by atoms with E-state index in [1.54, 1.807) is 18.2 Å². The van der Waals surface area contributed by atoms with E-state index in [1.807, 2.05) is 24.3 Å². The highest BCUT2D eigenvalue weighted by molar-refractivity contribution is 5.92. The highest BCUT2D eigenvalue weighted by atomic mass is 16.6. The maximum Gasteiger partial charge on any atom is 0.342 e. The van der Waals surface area contributed by atoms with Crippen LogP contribution in [0.15, 0.2) is 47.0 Å². The highest BCUT2D eigenvalue weighted by Crippen LogP contribution is 2.25. The molecule has 3 aromatic rings. The van der Waals surface area contributed by atoms with Crippen LogP contribution in [0.1, 0.15) is 28.7 Å². The van der Waals surface area contributed by atoms with Gasteiger partial charge in [-0.3, -0.25) is 0 Å². The third-order valence-corrected chi connectivity index (χ3v) is 4.04. The molecule has 3 rings (SSSR count). The van der Waals surface area contributed by atoms with Crippen molar-refractivity contribution >= 4 is 5.97 Å². The van der Waals surface area contributed by atoms with Gasteiger partial charge in [0, 0.05) is 11.6 Å². The molecule has 0 unspecified atom stereocenters. The third-order valence-electron chi connectivity index (χ3n) is 4.04. The number of aryl methyl sites for hydroxylation is 1. The standard InChI is InChI=1S/C20H20N2O5/c1-4-13-5-7-14(8-6-13)19-21-18(27-22-19)12-26-20(23)16-10-9-15(24-2)11-17(16)25-3/h5-11H,4,12H2,1-3H3. The normalized spacial score (nSPS) is 10.5. The van der Waals surface area contributed by atoms with E-state index in [1.165, 1.54) is 19.8 Å². The molecule has 0 aliphatic rings. The summed E-state index contributed by atoms with van der Waals surface area (Å²) in [7, 11) is 3.01. The predicted molar refractivity (Wildman–Crippen MR) is 97.8 cm³/mol. The Morgan fingerprint density at radius 3 is 2.52 bits per heavy atom. The molecule has 0 aliphatic carbocycles. The van der Waals surface area contributed by atoms with Crippen LogP contribution < -0.4 is 9.47 Å². The van der Waals surface area contributed by atoms with Gasteiger partial charge in [-0.05, 0) is 24.1 Å². The topological polar surface area (TPSA) is 83.7 Å². The van der Waals surface area contributed by atoms with Crippen molar-refractivity contribution in [3.8, 4) is 22.9 Å². The van der Waals surface area contributed by atoms with Crippen molar-refractivity contribution < 1.29 is 23.5 Å². The molecule has 0 spiro atoms. The smallest absolute Gasteiger partial charge is 0.342 e. The van der Waals surface area contributed by atoms with E-state index in [0.29, 0.717) is 17.3 Å². The van der Waals surface area contributed by atoms with Gasteiger partial charge in [0.1, 0.15) is 17.1 Å². The summed E-state index contributed by atoms with van der Waals surface area (Å²) in [6, 6.07) is 12.7. The van der Waals surface area contributed by atoms with Gasteiger partial charge in [-0.15, -0.1) is 0 Å². The molecule has 0 bridgehead atoms. The fraction of sp³-hybridized carbons (Fsp3) is 0.250. The van der Waals surface area contributed by atoms with E-state index in [2.05, 4.69) is 17.1 Å².